The normalized spacial score (nSPS) is 11.6. The molecule has 0 saturated heterocycles. The van der Waals surface area contributed by atoms with Gasteiger partial charge in [-0.05, 0) is 64.0 Å². The van der Waals surface area contributed by atoms with Crippen molar-refractivity contribution in [3.05, 3.63) is 169 Å². The van der Waals surface area contributed by atoms with Gasteiger partial charge in [-0.15, -0.1) is 54.1 Å². The van der Waals surface area contributed by atoms with Gasteiger partial charge in [0.15, 0.2) is 5.65 Å². The van der Waals surface area contributed by atoms with E-state index in [9.17, 15) is 0 Å². The van der Waals surface area contributed by atoms with E-state index >= 15 is 0 Å². The molecule has 287 valence electrons. The fourth-order valence-corrected chi connectivity index (χ4v) is 7.32. The van der Waals surface area contributed by atoms with Gasteiger partial charge in [-0.3, -0.25) is 4.98 Å². The predicted molar refractivity (Wildman–Crippen MR) is 231 cm³/mol. The van der Waals surface area contributed by atoms with Crippen molar-refractivity contribution in [3.8, 4) is 39.5 Å². The fourth-order valence-electron chi connectivity index (χ4n) is 7.32. The van der Waals surface area contributed by atoms with E-state index in [4.69, 9.17) is 14.4 Å². The Balaban J connectivity index is 0.000000219. The second-order valence-corrected chi connectivity index (χ2v) is 15.9. The Morgan fingerprint density at radius 2 is 1.37 bits per heavy atom. The molecule has 4 heterocycles. The summed E-state index contributed by atoms with van der Waals surface area (Å²) in [6.07, 6.45) is 1.85. The number of nitrogens with zero attached hydrogens (tertiary/aromatic N) is 4. The number of hydrogen-bond donors (Lipinski definition) is 0. The predicted octanol–water partition coefficient (Wildman–Crippen LogP) is 13.5. The molecular weight excluding hydrogens is 877 g/mol. The maximum atomic E-state index is 6.45. The molecule has 0 atom stereocenters. The van der Waals surface area contributed by atoms with E-state index in [1.165, 1.54) is 22.3 Å². The first-order valence-corrected chi connectivity index (χ1v) is 19.4. The standard InChI is InChI=1S/C34H34N3O.C17H12N.Ir/c1-20(2)22-13-10-14-23(21(3)4)30(22)37-32(35-27-18-19-29(34(5,6)7)36-33(27)37)26-16-11-15-25-24-12-8-9-17-28(24)38-31(25)26;1-3-7-14(8-4-1)16-11-12-18-17(13-16)15-9-5-2-6-10-15;/h8-15,17-21H,1-7H3;1-9,11-13H;/q2*-1;. The van der Waals surface area contributed by atoms with E-state index in [-0.39, 0.29) is 25.5 Å². The van der Waals surface area contributed by atoms with Crippen LogP contribution in [0.15, 0.2) is 144 Å². The van der Waals surface area contributed by atoms with Crippen molar-refractivity contribution in [3.63, 3.8) is 0 Å². The summed E-state index contributed by atoms with van der Waals surface area (Å²) in [6.45, 7) is 15.6. The number of furan rings is 1. The van der Waals surface area contributed by atoms with Gasteiger partial charge in [0.1, 0.15) is 5.58 Å². The van der Waals surface area contributed by atoms with Crippen LogP contribution in [0.5, 0.6) is 0 Å². The van der Waals surface area contributed by atoms with Crippen LogP contribution in [-0.2, 0) is 25.5 Å². The molecule has 0 fully saturated rings. The van der Waals surface area contributed by atoms with Crippen molar-refractivity contribution >= 4 is 33.1 Å². The molecule has 6 heteroatoms. The molecule has 0 aliphatic heterocycles. The van der Waals surface area contributed by atoms with Gasteiger partial charge in [0.2, 0.25) is 0 Å². The number of aromatic nitrogens is 4. The van der Waals surface area contributed by atoms with E-state index < -0.39 is 0 Å². The third-order valence-electron chi connectivity index (χ3n) is 10.3. The molecule has 0 unspecified atom stereocenters. The van der Waals surface area contributed by atoms with Crippen LogP contribution in [0.25, 0.3) is 72.6 Å². The van der Waals surface area contributed by atoms with Gasteiger partial charge in [0, 0.05) is 48.5 Å². The van der Waals surface area contributed by atoms with Crippen molar-refractivity contribution in [1.82, 2.24) is 19.5 Å². The summed E-state index contributed by atoms with van der Waals surface area (Å²) in [5.41, 5.74) is 13.3. The molecule has 0 spiro atoms. The Labute approximate surface area is 349 Å². The van der Waals surface area contributed by atoms with E-state index in [1.54, 1.807) is 0 Å². The summed E-state index contributed by atoms with van der Waals surface area (Å²) in [5, 5.41) is 2.16. The zero-order valence-corrected chi connectivity index (χ0v) is 35.9. The molecular formula is C51H46IrN4O-2. The molecule has 57 heavy (non-hydrogen) atoms. The van der Waals surface area contributed by atoms with Crippen LogP contribution in [0.3, 0.4) is 0 Å². The van der Waals surface area contributed by atoms with E-state index in [2.05, 4.69) is 137 Å². The molecule has 1 radical (unpaired) electrons. The van der Waals surface area contributed by atoms with Crippen LogP contribution in [0.4, 0.5) is 0 Å². The molecule has 4 aromatic heterocycles. The second-order valence-electron chi connectivity index (χ2n) is 15.9. The van der Waals surface area contributed by atoms with E-state index in [0.29, 0.717) is 11.8 Å². The third kappa shape index (κ3) is 7.85. The first-order chi connectivity index (χ1) is 27.1. The van der Waals surface area contributed by atoms with Crippen LogP contribution in [-0.4, -0.2) is 19.5 Å². The number of pyridine rings is 2. The van der Waals surface area contributed by atoms with Crippen LogP contribution in [0.2, 0.25) is 0 Å². The van der Waals surface area contributed by atoms with Crippen molar-refractivity contribution < 1.29 is 24.5 Å². The van der Waals surface area contributed by atoms with Crippen molar-refractivity contribution in [2.75, 3.05) is 0 Å². The number of benzene rings is 5. The number of rotatable bonds is 6. The minimum Gasteiger partial charge on any atom is -0.501 e. The Bertz CT molecular complexity index is 2710. The molecule has 9 rings (SSSR count). The molecule has 9 aromatic rings. The summed E-state index contributed by atoms with van der Waals surface area (Å²) >= 11 is 0. The first kappa shape index (κ1) is 39.6. The topological polar surface area (TPSA) is 56.7 Å². The Hall–Kier alpha value is -5.68. The fraction of sp³-hybridized carbons (Fsp3) is 0.196. The molecule has 0 bridgehead atoms. The minimum absolute atomic E-state index is 0. The third-order valence-corrected chi connectivity index (χ3v) is 10.3. The van der Waals surface area contributed by atoms with Crippen molar-refractivity contribution in [2.24, 2.45) is 0 Å². The summed E-state index contributed by atoms with van der Waals surface area (Å²) in [4.78, 5) is 14.9. The van der Waals surface area contributed by atoms with Crippen molar-refractivity contribution in [2.45, 2.75) is 65.7 Å². The van der Waals surface area contributed by atoms with E-state index in [0.717, 1.165) is 67.1 Å². The van der Waals surface area contributed by atoms with Crippen LogP contribution < -0.4 is 0 Å². The van der Waals surface area contributed by atoms with Crippen LogP contribution >= 0.6 is 0 Å². The maximum absolute atomic E-state index is 6.45. The molecule has 5 nitrogen and oxygen atoms in total. The zero-order valence-electron chi connectivity index (χ0n) is 33.5. The smallest absolute Gasteiger partial charge is 0.155 e. The quantitative estimate of drug-likeness (QED) is 0.156. The second kappa shape index (κ2) is 16.4. The average Bonchev–Trinajstić information content (AvgIpc) is 3.79. The number of fused-ring (bicyclic) bond motifs is 4. The Morgan fingerprint density at radius 3 is 2.07 bits per heavy atom. The monoisotopic (exact) mass is 923 g/mol. The molecule has 5 aromatic carbocycles. The van der Waals surface area contributed by atoms with Crippen molar-refractivity contribution in [1.29, 1.82) is 0 Å². The van der Waals surface area contributed by atoms with Crippen LogP contribution in [0.1, 0.15) is 77.1 Å². The summed E-state index contributed by atoms with van der Waals surface area (Å²) in [6, 6.07) is 52.2. The molecule has 0 aliphatic carbocycles. The van der Waals surface area contributed by atoms with Gasteiger partial charge in [-0.1, -0.05) is 132 Å². The van der Waals surface area contributed by atoms with Gasteiger partial charge in [-0.25, -0.2) is 4.98 Å². The van der Waals surface area contributed by atoms with Gasteiger partial charge < -0.3 is 14.0 Å². The minimum atomic E-state index is -0.0905. The van der Waals surface area contributed by atoms with E-state index in [1.807, 2.05) is 72.9 Å². The SMILES string of the molecule is CC(C)c1cccc(C(C)C)c1-n1c(-c2[c-]ccc3c2oc2ccccc23)nc2ccc(C(C)(C)C)nc21.[Ir].[c-]1ccccc1-c1cc(-c2ccccc2)ccn1. The number of para-hydroxylation sites is 2. The molecule has 0 aliphatic rings. The van der Waals surface area contributed by atoms with Gasteiger partial charge in [0.25, 0.3) is 0 Å². The molecule has 0 amide bonds. The number of imidazole rings is 1. The van der Waals surface area contributed by atoms with Gasteiger partial charge in [0.05, 0.1) is 16.9 Å². The summed E-state index contributed by atoms with van der Waals surface area (Å²) in [5.74, 6) is 1.45. The molecule has 0 N–H and O–H groups in total. The largest absolute Gasteiger partial charge is 0.501 e. The summed E-state index contributed by atoms with van der Waals surface area (Å²) < 4.78 is 8.72. The maximum Gasteiger partial charge on any atom is 0.155 e. The number of hydrogen-bond acceptors (Lipinski definition) is 4. The first-order valence-electron chi connectivity index (χ1n) is 19.4. The Kier molecular flexibility index (Phi) is 11.4. The van der Waals surface area contributed by atoms with Crippen LogP contribution in [0, 0.1) is 12.1 Å². The Morgan fingerprint density at radius 1 is 0.649 bits per heavy atom. The molecule has 0 saturated carbocycles. The average molecular weight is 923 g/mol. The van der Waals surface area contributed by atoms with Gasteiger partial charge >= 0.3 is 0 Å². The zero-order chi connectivity index (χ0) is 39.0. The summed E-state index contributed by atoms with van der Waals surface area (Å²) in [7, 11) is 0. The van der Waals surface area contributed by atoms with Gasteiger partial charge in [-0.2, -0.15) is 0 Å².